The number of carbonyl (C=O) groups excluding carboxylic acids is 1. The molecule has 0 fully saturated rings. The monoisotopic (exact) mass is 394 g/mol. The Labute approximate surface area is 168 Å². The summed E-state index contributed by atoms with van der Waals surface area (Å²) in [6, 6.07) is 15.1. The molecule has 6 nitrogen and oxygen atoms in total. The van der Waals surface area contributed by atoms with Crippen molar-refractivity contribution < 1.29 is 9.63 Å². The number of nitrogens with zero attached hydrogens (tertiary/aromatic N) is 3. The van der Waals surface area contributed by atoms with Crippen molar-refractivity contribution in [2.75, 3.05) is 0 Å². The van der Waals surface area contributed by atoms with E-state index in [1.807, 2.05) is 41.8 Å². The van der Waals surface area contributed by atoms with Crippen LogP contribution < -0.4 is 5.73 Å². The lowest BCUT2D eigenvalue weighted by molar-refractivity contribution is 0.0515. The van der Waals surface area contributed by atoms with Gasteiger partial charge in [-0.15, -0.1) is 5.10 Å². The van der Waals surface area contributed by atoms with Crippen LogP contribution in [-0.4, -0.2) is 21.4 Å². The Morgan fingerprint density at radius 3 is 2.36 bits per heavy atom. The second-order valence-corrected chi connectivity index (χ2v) is 8.06. The second-order valence-electron chi connectivity index (χ2n) is 7.45. The van der Waals surface area contributed by atoms with Gasteiger partial charge in [0.1, 0.15) is 11.5 Å². The molecule has 0 atom stereocenters. The van der Waals surface area contributed by atoms with E-state index < -0.39 is 5.97 Å². The third kappa shape index (κ3) is 5.01. The maximum Gasteiger partial charge on any atom is 0.365 e. The zero-order chi connectivity index (χ0) is 20.1. The van der Waals surface area contributed by atoms with Gasteiger partial charge in [-0.3, -0.25) is 0 Å². The molecule has 0 aliphatic carbocycles. The molecule has 0 radical (unpaired) electrons. The van der Waals surface area contributed by atoms with Crippen LogP contribution in [0, 0.1) is 0 Å². The Morgan fingerprint density at radius 2 is 1.79 bits per heavy atom. The van der Waals surface area contributed by atoms with Crippen LogP contribution in [0.1, 0.15) is 42.3 Å². The van der Waals surface area contributed by atoms with Crippen molar-refractivity contribution in [2.24, 2.45) is 10.9 Å². The van der Waals surface area contributed by atoms with E-state index in [4.69, 9.17) is 10.6 Å². The van der Waals surface area contributed by atoms with Crippen LogP contribution in [0.3, 0.4) is 0 Å². The summed E-state index contributed by atoms with van der Waals surface area (Å²) in [5, 5.41) is 9.69. The molecule has 0 aliphatic heterocycles. The average Bonchev–Trinajstić information content (AvgIpc) is 3.21. The smallest absolute Gasteiger partial charge is 0.365 e. The van der Waals surface area contributed by atoms with Crippen LogP contribution in [0.5, 0.6) is 0 Å². The first kappa shape index (κ1) is 19.7. The topological polar surface area (TPSA) is 90.5 Å². The van der Waals surface area contributed by atoms with E-state index in [0.717, 1.165) is 22.4 Å². The van der Waals surface area contributed by atoms with Crippen molar-refractivity contribution in [2.45, 2.75) is 32.6 Å². The third-order valence-electron chi connectivity index (χ3n) is 4.23. The molecule has 2 aromatic carbocycles. The lowest BCUT2D eigenvalue weighted by atomic mass is 9.87. The summed E-state index contributed by atoms with van der Waals surface area (Å²) in [6.45, 7) is 6.35. The van der Waals surface area contributed by atoms with Gasteiger partial charge in [0, 0.05) is 17.4 Å². The van der Waals surface area contributed by atoms with Crippen molar-refractivity contribution in [1.29, 1.82) is 0 Å². The SMILES string of the molecule is CC(C)(C)c1ccc(C(=O)O/N=C(\N)Cc2ccc(-c3csnn3)cc2)cc1. The number of carbonyl (C=O) groups is 1. The summed E-state index contributed by atoms with van der Waals surface area (Å²) in [5.74, 6) is -0.308. The van der Waals surface area contributed by atoms with Gasteiger partial charge in [0.2, 0.25) is 0 Å². The summed E-state index contributed by atoms with van der Waals surface area (Å²) in [7, 11) is 0. The van der Waals surface area contributed by atoms with Gasteiger partial charge in [-0.05, 0) is 40.2 Å². The van der Waals surface area contributed by atoms with Gasteiger partial charge in [0.25, 0.3) is 0 Å². The van der Waals surface area contributed by atoms with Gasteiger partial charge >= 0.3 is 5.97 Å². The molecule has 0 saturated heterocycles. The Balaban J connectivity index is 1.58. The van der Waals surface area contributed by atoms with Crippen LogP contribution in [0.4, 0.5) is 0 Å². The maximum absolute atomic E-state index is 12.1. The quantitative estimate of drug-likeness (QED) is 0.303. The van der Waals surface area contributed by atoms with E-state index >= 15 is 0 Å². The molecule has 3 rings (SSSR count). The van der Waals surface area contributed by atoms with Gasteiger partial charge in [-0.2, -0.15) is 0 Å². The number of benzene rings is 2. The minimum Gasteiger partial charge on any atom is -0.384 e. The molecule has 0 spiro atoms. The Kier molecular flexibility index (Phi) is 5.84. The number of amidine groups is 1. The van der Waals surface area contributed by atoms with Crippen LogP contribution in [-0.2, 0) is 16.7 Å². The highest BCUT2D eigenvalue weighted by atomic mass is 32.1. The predicted octanol–water partition coefficient (Wildman–Crippen LogP) is 4.17. The summed E-state index contributed by atoms with van der Waals surface area (Å²) in [6.07, 6.45) is 0.381. The number of nitrogens with two attached hydrogens (primary N) is 1. The molecule has 0 unspecified atom stereocenters. The molecule has 3 aromatic rings. The molecule has 28 heavy (non-hydrogen) atoms. The summed E-state index contributed by atoms with van der Waals surface area (Å²) >= 11 is 1.31. The van der Waals surface area contributed by atoms with Crippen molar-refractivity contribution in [3.05, 3.63) is 70.6 Å². The Morgan fingerprint density at radius 1 is 1.11 bits per heavy atom. The molecule has 1 heterocycles. The highest BCUT2D eigenvalue weighted by molar-refractivity contribution is 7.03. The van der Waals surface area contributed by atoms with E-state index in [-0.39, 0.29) is 11.3 Å². The molecular weight excluding hydrogens is 372 g/mol. The number of hydrogen-bond acceptors (Lipinski definition) is 6. The van der Waals surface area contributed by atoms with Crippen molar-refractivity contribution in [3.63, 3.8) is 0 Å². The highest BCUT2D eigenvalue weighted by Gasteiger charge is 2.15. The van der Waals surface area contributed by atoms with Gasteiger partial charge in [-0.25, -0.2) is 4.79 Å². The summed E-state index contributed by atoms with van der Waals surface area (Å²) in [5.41, 5.74) is 10.3. The second kappa shape index (κ2) is 8.31. The zero-order valence-electron chi connectivity index (χ0n) is 16.0. The van der Waals surface area contributed by atoms with Crippen molar-refractivity contribution >= 4 is 23.3 Å². The van der Waals surface area contributed by atoms with E-state index in [1.54, 1.807) is 12.1 Å². The summed E-state index contributed by atoms with van der Waals surface area (Å²) < 4.78 is 3.86. The van der Waals surface area contributed by atoms with Crippen LogP contribution >= 0.6 is 11.5 Å². The highest BCUT2D eigenvalue weighted by Crippen LogP contribution is 2.22. The third-order valence-corrected chi connectivity index (χ3v) is 4.73. The largest absolute Gasteiger partial charge is 0.384 e. The molecule has 7 heteroatoms. The number of oxime groups is 1. The van der Waals surface area contributed by atoms with Gasteiger partial charge in [0.15, 0.2) is 0 Å². The van der Waals surface area contributed by atoms with E-state index in [0.29, 0.717) is 12.0 Å². The predicted molar refractivity (Wildman–Crippen MR) is 111 cm³/mol. The van der Waals surface area contributed by atoms with Crippen LogP contribution in [0.2, 0.25) is 0 Å². The first-order chi connectivity index (χ1) is 13.3. The molecule has 1 aromatic heterocycles. The standard InChI is InChI=1S/C21H22N4O2S/c1-21(2,3)17-10-8-16(9-11-17)20(26)27-24-19(22)12-14-4-6-15(7-5-14)18-13-28-25-23-18/h4-11,13H,12H2,1-3H3,(H2,22,24). The van der Waals surface area contributed by atoms with Gasteiger partial charge in [-0.1, -0.05) is 66.8 Å². The van der Waals surface area contributed by atoms with E-state index in [9.17, 15) is 4.79 Å². The molecule has 144 valence electrons. The van der Waals surface area contributed by atoms with Gasteiger partial charge < -0.3 is 10.6 Å². The van der Waals surface area contributed by atoms with Crippen LogP contribution in [0.15, 0.2) is 59.1 Å². The minimum absolute atomic E-state index is 0.0244. The summed E-state index contributed by atoms with van der Waals surface area (Å²) in [4.78, 5) is 17.1. The van der Waals surface area contributed by atoms with Crippen molar-refractivity contribution in [1.82, 2.24) is 9.59 Å². The van der Waals surface area contributed by atoms with Crippen LogP contribution in [0.25, 0.3) is 11.3 Å². The molecule has 0 saturated carbocycles. The fraction of sp³-hybridized carbons (Fsp3) is 0.238. The Hall–Kier alpha value is -3.06. The molecule has 2 N–H and O–H groups in total. The van der Waals surface area contributed by atoms with Crippen molar-refractivity contribution in [3.8, 4) is 11.3 Å². The number of rotatable bonds is 5. The maximum atomic E-state index is 12.1. The number of aromatic nitrogens is 2. The lowest BCUT2D eigenvalue weighted by Crippen LogP contribution is -2.17. The molecule has 0 bridgehead atoms. The average molecular weight is 395 g/mol. The first-order valence-electron chi connectivity index (χ1n) is 8.83. The first-order valence-corrected chi connectivity index (χ1v) is 9.67. The normalized spacial score (nSPS) is 12.0. The fourth-order valence-corrected chi connectivity index (χ4v) is 3.05. The zero-order valence-corrected chi connectivity index (χ0v) is 16.9. The fourth-order valence-electron chi connectivity index (χ4n) is 2.58. The Bertz CT molecular complexity index is 957. The van der Waals surface area contributed by atoms with E-state index in [2.05, 4.69) is 35.5 Å². The molecule has 0 amide bonds. The lowest BCUT2D eigenvalue weighted by Gasteiger charge is -2.18. The number of hydrogen-bond donors (Lipinski definition) is 1. The molecule has 0 aliphatic rings. The van der Waals surface area contributed by atoms with E-state index in [1.165, 1.54) is 11.5 Å². The van der Waals surface area contributed by atoms with Gasteiger partial charge in [0.05, 0.1) is 5.56 Å². The molecular formula is C21H22N4O2S. The minimum atomic E-state index is -0.533.